The van der Waals surface area contributed by atoms with Crippen LogP contribution in [0.1, 0.15) is 18.1 Å². The van der Waals surface area contributed by atoms with Gasteiger partial charge in [-0.3, -0.25) is 0 Å². The van der Waals surface area contributed by atoms with Crippen LogP contribution in [0.2, 0.25) is 5.02 Å². The molecule has 7 heteroatoms. The summed E-state index contributed by atoms with van der Waals surface area (Å²) in [7, 11) is 0. The fraction of sp³-hybridized carbons (Fsp3) is 0.143. The lowest BCUT2D eigenvalue weighted by Gasteiger charge is -2.13. The molecule has 0 atom stereocenters. The molecule has 0 aromatic heterocycles. The molecule has 0 saturated carbocycles. The Bertz CT molecular complexity index is 1020. The summed E-state index contributed by atoms with van der Waals surface area (Å²) in [5, 5.41) is 0.262. The van der Waals surface area contributed by atoms with Crippen molar-refractivity contribution in [3.63, 3.8) is 0 Å². The van der Waals surface area contributed by atoms with Crippen molar-refractivity contribution < 1.29 is 23.4 Å². The second kappa shape index (κ2) is 8.59. The van der Waals surface area contributed by atoms with Crippen LogP contribution in [0.4, 0.5) is 4.39 Å². The van der Waals surface area contributed by atoms with Crippen LogP contribution in [0.3, 0.4) is 0 Å². The molecule has 0 bridgehead atoms. The Morgan fingerprint density at radius 2 is 2.11 bits per heavy atom. The molecule has 0 amide bonds. The number of halogens is 2. The highest BCUT2D eigenvalue weighted by atomic mass is 35.5. The molecule has 2 aromatic rings. The quantitative estimate of drug-likeness (QED) is 0.414. The average Bonchev–Trinajstić information content (AvgIpc) is 3.02. The molecule has 28 heavy (non-hydrogen) atoms. The maximum atomic E-state index is 13.9. The number of benzene rings is 2. The predicted molar refractivity (Wildman–Crippen MR) is 104 cm³/mol. The van der Waals surface area contributed by atoms with E-state index in [1.54, 1.807) is 18.2 Å². The highest BCUT2D eigenvalue weighted by Gasteiger charge is 2.26. The Labute approximate surface area is 166 Å². The normalized spacial score (nSPS) is 14.4. The van der Waals surface area contributed by atoms with E-state index in [1.165, 1.54) is 24.3 Å². The van der Waals surface area contributed by atoms with Crippen LogP contribution < -0.4 is 9.47 Å². The van der Waals surface area contributed by atoms with Crippen molar-refractivity contribution in [3.8, 4) is 23.8 Å². The minimum atomic E-state index is -0.694. The smallest absolute Gasteiger partial charge is 0.363 e. The van der Waals surface area contributed by atoms with Gasteiger partial charge in [0, 0.05) is 0 Å². The third kappa shape index (κ3) is 4.16. The molecule has 1 aliphatic rings. The number of ether oxygens (including phenoxy) is 3. The summed E-state index contributed by atoms with van der Waals surface area (Å²) in [4.78, 5) is 16.2. The van der Waals surface area contributed by atoms with Gasteiger partial charge in [-0.15, -0.1) is 6.42 Å². The second-order valence-electron chi connectivity index (χ2n) is 5.57. The molecule has 5 nitrogen and oxygen atoms in total. The zero-order valence-corrected chi connectivity index (χ0v) is 15.6. The van der Waals surface area contributed by atoms with Gasteiger partial charge in [0.2, 0.25) is 5.90 Å². The number of hydrogen-bond acceptors (Lipinski definition) is 5. The van der Waals surface area contributed by atoms with Crippen molar-refractivity contribution in [2.24, 2.45) is 4.99 Å². The fourth-order valence-electron chi connectivity index (χ4n) is 2.50. The molecule has 0 spiro atoms. The van der Waals surface area contributed by atoms with Gasteiger partial charge < -0.3 is 14.2 Å². The van der Waals surface area contributed by atoms with E-state index in [2.05, 4.69) is 10.9 Å². The summed E-state index contributed by atoms with van der Waals surface area (Å²) in [6, 6.07) is 9.11. The zero-order valence-electron chi connectivity index (χ0n) is 14.9. The lowest BCUT2D eigenvalue weighted by atomic mass is 10.1. The molecule has 0 saturated heterocycles. The van der Waals surface area contributed by atoms with Crippen molar-refractivity contribution in [2.45, 2.75) is 6.92 Å². The van der Waals surface area contributed by atoms with E-state index in [9.17, 15) is 9.18 Å². The first-order valence-corrected chi connectivity index (χ1v) is 8.71. The molecule has 142 valence electrons. The topological polar surface area (TPSA) is 57.1 Å². The van der Waals surface area contributed by atoms with Crippen molar-refractivity contribution >= 4 is 29.5 Å². The Hall–Kier alpha value is -3.30. The van der Waals surface area contributed by atoms with Gasteiger partial charge >= 0.3 is 5.97 Å². The van der Waals surface area contributed by atoms with E-state index in [0.29, 0.717) is 23.7 Å². The average molecular weight is 400 g/mol. The first kappa shape index (κ1) is 19.5. The number of terminal acetylenes is 1. The number of aliphatic imine (C=N–C) groups is 1. The molecule has 0 N–H and O–H groups in total. The third-order valence-corrected chi connectivity index (χ3v) is 3.94. The van der Waals surface area contributed by atoms with E-state index in [-0.39, 0.29) is 28.8 Å². The molecule has 1 aliphatic heterocycles. The van der Waals surface area contributed by atoms with Crippen molar-refractivity contribution in [1.82, 2.24) is 0 Å². The minimum absolute atomic E-state index is 0.00839. The summed E-state index contributed by atoms with van der Waals surface area (Å²) in [6.07, 6.45) is 6.68. The summed E-state index contributed by atoms with van der Waals surface area (Å²) >= 11 is 6.27. The molecule has 3 rings (SSSR count). The Balaban J connectivity index is 1.97. The Morgan fingerprint density at radius 1 is 1.32 bits per heavy atom. The van der Waals surface area contributed by atoms with Gasteiger partial charge in [0.05, 0.1) is 17.2 Å². The van der Waals surface area contributed by atoms with Crippen LogP contribution in [0.5, 0.6) is 11.5 Å². The molecular weight excluding hydrogens is 385 g/mol. The number of esters is 1. The first-order valence-electron chi connectivity index (χ1n) is 8.33. The Morgan fingerprint density at radius 3 is 2.82 bits per heavy atom. The van der Waals surface area contributed by atoms with Crippen molar-refractivity contribution in [1.29, 1.82) is 0 Å². The zero-order chi connectivity index (χ0) is 20.1. The predicted octanol–water partition coefficient (Wildman–Crippen LogP) is 4.23. The van der Waals surface area contributed by atoms with Crippen LogP contribution in [0.25, 0.3) is 6.08 Å². The van der Waals surface area contributed by atoms with Gasteiger partial charge in [0.25, 0.3) is 0 Å². The van der Waals surface area contributed by atoms with E-state index in [0.717, 1.165) is 0 Å². The van der Waals surface area contributed by atoms with Gasteiger partial charge in [0.1, 0.15) is 12.4 Å². The van der Waals surface area contributed by atoms with Gasteiger partial charge in [-0.2, -0.15) is 0 Å². The second-order valence-corrected chi connectivity index (χ2v) is 5.98. The molecule has 0 aliphatic carbocycles. The summed E-state index contributed by atoms with van der Waals surface area (Å²) < 4.78 is 30.0. The van der Waals surface area contributed by atoms with Crippen LogP contribution in [-0.4, -0.2) is 25.1 Å². The number of nitrogens with zero attached hydrogens (tertiary/aromatic N) is 1. The minimum Gasteiger partial charge on any atom is -0.490 e. The summed E-state index contributed by atoms with van der Waals surface area (Å²) in [6.45, 7) is 2.21. The lowest BCUT2D eigenvalue weighted by molar-refractivity contribution is -0.129. The van der Waals surface area contributed by atoms with Crippen LogP contribution in [0, 0.1) is 18.2 Å². The van der Waals surface area contributed by atoms with Crippen LogP contribution in [-0.2, 0) is 9.53 Å². The lowest BCUT2D eigenvalue weighted by Crippen LogP contribution is -2.07. The monoisotopic (exact) mass is 399 g/mol. The van der Waals surface area contributed by atoms with Gasteiger partial charge in [-0.1, -0.05) is 29.7 Å². The maximum Gasteiger partial charge on any atom is 0.363 e. The van der Waals surface area contributed by atoms with Crippen LogP contribution >= 0.6 is 11.6 Å². The molecule has 0 fully saturated rings. The molecule has 0 radical (unpaired) electrons. The molecule has 1 heterocycles. The van der Waals surface area contributed by atoms with Gasteiger partial charge in [-0.25, -0.2) is 14.2 Å². The summed E-state index contributed by atoms with van der Waals surface area (Å²) in [5.41, 5.74) is 0.645. The molecule has 2 aromatic carbocycles. The SMILES string of the molecule is C#CCOc1c(Cl)cc(C=C2N=C(c3ccccc3F)OC2=O)cc1OCC. The van der Waals surface area contributed by atoms with E-state index in [4.69, 9.17) is 32.2 Å². The Kier molecular flexibility index (Phi) is 5.97. The number of rotatable bonds is 6. The third-order valence-electron chi connectivity index (χ3n) is 3.66. The van der Waals surface area contributed by atoms with Crippen molar-refractivity contribution in [2.75, 3.05) is 13.2 Å². The molecule has 0 unspecified atom stereocenters. The highest BCUT2D eigenvalue weighted by molar-refractivity contribution is 6.32. The summed E-state index contributed by atoms with van der Waals surface area (Å²) in [5.74, 6) is 1.72. The number of hydrogen-bond donors (Lipinski definition) is 0. The fourth-order valence-corrected chi connectivity index (χ4v) is 2.78. The molecular formula is C21H15ClFNO4. The van der Waals surface area contributed by atoms with E-state index < -0.39 is 11.8 Å². The number of carbonyl (C=O) groups is 1. The van der Waals surface area contributed by atoms with E-state index in [1.807, 2.05) is 6.92 Å². The standard InChI is InChI=1S/C21H15ClFNO4/c1-3-9-27-19-15(22)10-13(12-18(19)26-4-2)11-17-21(25)28-20(24-17)14-7-5-6-8-16(14)23/h1,5-8,10-12H,4,9H2,2H3. The number of carbonyl (C=O) groups excluding carboxylic acids is 1. The van der Waals surface area contributed by atoms with Gasteiger partial charge in [-0.05, 0) is 42.8 Å². The highest BCUT2D eigenvalue weighted by Crippen LogP contribution is 2.37. The van der Waals surface area contributed by atoms with Crippen LogP contribution in [0.15, 0.2) is 47.1 Å². The first-order chi connectivity index (χ1) is 13.5. The van der Waals surface area contributed by atoms with Gasteiger partial charge in [0.15, 0.2) is 17.2 Å². The van der Waals surface area contributed by atoms with Crippen molar-refractivity contribution in [3.05, 3.63) is 64.1 Å². The van der Waals surface area contributed by atoms with E-state index >= 15 is 0 Å². The largest absolute Gasteiger partial charge is 0.490 e. The maximum absolute atomic E-state index is 13.9. The number of cyclic esters (lactones) is 1.